The molecule has 0 aliphatic rings. The molecule has 0 heterocycles. The van der Waals surface area contributed by atoms with Gasteiger partial charge in [0.15, 0.2) is 11.8 Å². The second kappa shape index (κ2) is 12.0. The number of hydrazine groups is 1. The molecule has 0 bridgehead atoms. The lowest BCUT2D eigenvalue weighted by atomic mass is 10.0. The highest BCUT2D eigenvalue weighted by molar-refractivity contribution is 6.34. The fraction of sp³-hybridized carbons (Fsp3) is 0.154. The number of hydrogen-bond donors (Lipinski definition) is 4. The molecule has 3 aromatic carbocycles. The number of phenols is 1. The molecule has 37 heavy (non-hydrogen) atoms. The lowest BCUT2D eigenvalue weighted by molar-refractivity contribution is -0.142. The van der Waals surface area contributed by atoms with Crippen LogP contribution < -0.4 is 15.9 Å². The molecule has 0 unspecified atom stereocenters. The first-order valence-electron chi connectivity index (χ1n) is 10.9. The monoisotopic (exact) mass is 525 g/mol. The van der Waals surface area contributed by atoms with Crippen molar-refractivity contribution in [2.24, 2.45) is 5.84 Å². The van der Waals surface area contributed by atoms with Crippen molar-refractivity contribution in [2.45, 2.75) is 19.0 Å². The van der Waals surface area contributed by atoms with E-state index in [0.29, 0.717) is 16.3 Å². The van der Waals surface area contributed by atoms with Gasteiger partial charge < -0.3 is 20.3 Å². The molecule has 0 aliphatic carbocycles. The summed E-state index contributed by atoms with van der Waals surface area (Å²) in [6.07, 6.45) is -0.585. The van der Waals surface area contributed by atoms with Crippen LogP contribution in [0.1, 0.15) is 43.1 Å². The van der Waals surface area contributed by atoms with Gasteiger partial charge in [-0.1, -0.05) is 35.9 Å². The maximum atomic E-state index is 13.0. The summed E-state index contributed by atoms with van der Waals surface area (Å²) in [5.74, 6) is 2.85. The van der Waals surface area contributed by atoms with E-state index in [-0.39, 0.29) is 34.0 Å². The van der Waals surface area contributed by atoms with E-state index in [4.69, 9.17) is 22.2 Å². The van der Waals surface area contributed by atoms with Crippen LogP contribution in [0.2, 0.25) is 5.02 Å². The van der Waals surface area contributed by atoms with Crippen molar-refractivity contribution in [1.82, 2.24) is 10.3 Å². The zero-order chi connectivity index (χ0) is 27.1. The summed E-state index contributed by atoms with van der Waals surface area (Å²) >= 11 is 6.23. The predicted octanol–water partition coefficient (Wildman–Crippen LogP) is 3.03. The molecule has 5 N–H and O–H groups in total. The third kappa shape index (κ3) is 6.84. The van der Waals surface area contributed by atoms with Crippen molar-refractivity contribution in [1.29, 1.82) is 0 Å². The Balaban J connectivity index is 1.71. The molecule has 11 heteroatoms. The van der Waals surface area contributed by atoms with E-state index in [2.05, 4.69) is 5.32 Å². The van der Waals surface area contributed by atoms with Gasteiger partial charge in [0, 0.05) is 24.1 Å². The van der Waals surface area contributed by atoms with Crippen molar-refractivity contribution in [3.8, 4) is 11.5 Å². The van der Waals surface area contributed by atoms with Crippen LogP contribution in [0.4, 0.5) is 0 Å². The lowest BCUT2D eigenvalue weighted by Crippen LogP contribution is -2.50. The van der Waals surface area contributed by atoms with Crippen molar-refractivity contribution < 1.29 is 34.1 Å². The molecule has 3 aromatic rings. The van der Waals surface area contributed by atoms with Crippen LogP contribution in [0.25, 0.3) is 0 Å². The molecule has 10 nitrogen and oxygen atoms in total. The predicted molar refractivity (Wildman–Crippen MR) is 134 cm³/mol. The molecule has 1 atom stereocenters. The summed E-state index contributed by atoms with van der Waals surface area (Å²) < 4.78 is 5.07. The SMILES string of the molecule is COc1cccc(C(=O)C[C@@H](C(=O)O)N(N)C(=O)c2ccc(C(=O)NCc3cccc(O)c3)cc2Cl)c1. The van der Waals surface area contributed by atoms with Crippen LogP contribution in [0.5, 0.6) is 11.5 Å². The van der Waals surface area contributed by atoms with Gasteiger partial charge in [-0.05, 0) is 48.0 Å². The summed E-state index contributed by atoms with van der Waals surface area (Å²) in [4.78, 5) is 50.0. The molecule has 192 valence electrons. The van der Waals surface area contributed by atoms with Crippen molar-refractivity contribution >= 4 is 35.2 Å². The van der Waals surface area contributed by atoms with Crippen LogP contribution in [0.3, 0.4) is 0 Å². The minimum Gasteiger partial charge on any atom is -0.508 e. The molecular formula is C26H24ClN3O7. The molecule has 3 rings (SSSR count). The maximum Gasteiger partial charge on any atom is 0.328 e. The molecule has 0 aliphatic heterocycles. The number of amides is 2. The number of methoxy groups -OCH3 is 1. The number of nitrogens with two attached hydrogens (primary N) is 1. The Kier molecular flexibility index (Phi) is 8.83. The molecule has 2 amide bonds. The number of nitrogens with one attached hydrogen (secondary N) is 1. The summed E-state index contributed by atoms with van der Waals surface area (Å²) in [6.45, 7) is 0.143. The summed E-state index contributed by atoms with van der Waals surface area (Å²) in [7, 11) is 1.43. The average molecular weight is 526 g/mol. The van der Waals surface area contributed by atoms with Crippen molar-refractivity contribution in [3.63, 3.8) is 0 Å². The third-order valence-electron chi connectivity index (χ3n) is 5.45. The number of carbonyl (C=O) groups excluding carboxylic acids is 3. The Bertz CT molecular complexity index is 1350. The number of ketones is 1. The first-order chi connectivity index (χ1) is 17.6. The Labute approximate surface area is 217 Å². The number of phenolic OH excluding ortho intramolecular Hbond substituents is 1. The zero-order valence-electron chi connectivity index (χ0n) is 19.7. The van der Waals surface area contributed by atoms with Crippen molar-refractivity contribution in [3.05, 3.63) is 94.0 Å². The highest BCUT2D eigenvalue weighted by atomic mass is 35.5. The van der Waals surface area contributed by atoms with E-state index in [9.17, 15) is 29.4 Å². The normalized spacial score (nSPS) is 11.3. The highest BCUT2D eigenvalue weighted by Gasteiger charge is 2.32. The number of ether oxygens (including phenoxy) is 1. The average Bonchev–Trinajstić information content (AvgIpc) is 2.89. The number of hydrogen-bond acceptors (Lipinski definition) is 7. The number of carboxylic acids is 1. The minimum absolute atomic E-state index is 0.0638. The van der Waals surface area contributed by atoms with Gasteiger partial charge in [-0.3, -0.25) is 19.4 Å². The number of aromatic hydroxyl groups is 1. The van der Waals surface area contributed by atoms with Gasteiger partial charge in [-0.25, -0.2) is 10.6 Å². The second-order valence-corrected chi connectivity index (χ2v) is 8.38. The third-order valence-corrected chi connectivity index (χ3v) is 5.76. The quantitative estimate of drug-likeness (QED) is 0.136. The standard InChI is InChI=1S/C26H24ClN3O7/c1-37-19-7-3-5-16(11-19)23(32)13-22(26(35)36)30(28)25(34)20-9-8-17(12-21(20)27)24(33)29-14-15-4-2-6-18(31)10-15/h2-12,22,31H,13-14,28H2,1H3,(H,29,33)(H,35,36)/t22-/m0/s1. The van der Waals surface area contributed by atoms with Gasteiger partial charge in [-0.15, -0.1) is 0 Å². The summed E-state index contributed by atoms with van der Waals surface area (Å²) in [6, 6.07) is 14.7. The van der Waals surface area contributed by atoms with Crippen LogP contribution in [0, 0.1) is 0 Å². The fourth-order valence-corrected chi connectivity index (χ4v) is 3.72. The minimum atomic E-state index is -1.67. The number of benzene rings is 3. The molecule has 0 fully saturated rings. The first-order valence-corrected chi connectivity index (χ1v) is 11.3. The van der Waals surface area contributed by atoms with Crippen LogP contribution in [0.15, 0.2) is 66.7 Å². The van der Waals surface area contributed by atoms with E-state index in [1.165, 1.54) is 49.6 Å². The van der Waals surface area contributed by atoms with E-state index in [1.54, 1.807) is 24.3 Å². The Morgan fingerprint density at radius 1 is 1.03 bits per heavy atom. The van der Waals surface area contributed by atoms with Gasteiger partial charge >= 0.3 is 5.97 Å². The number of carboxylic acid groups (broad SMARTS) is 1. The van der Waals surface area contributed by atoms with Crippen LogP contribution in [-0.4, -0.2) is 51.9 Å². The van der Waals surface area contributed by atoms with E-state index < -0.39 is 36.0 Å². The molecule has 0 spiro atoms. The largest absolute Gasteiger partial charge is 0.508 e. The Morgan fingerprint density at radius 3 is 2.41 bits per heavy atom. The van der Waals surface area contributed by atoms with Crippen molar-refractivity contribution in [2.75, 3.05) is 7.11 Å². The zero-order valence-corrected chi connectivity index (χ0v) is 20.4. The summed E-state index contributed by atoms with van der Waals surface area (Å²) in [5, 5.41) is 22.1. The number of nitrogens with zero attached hydrogens (tertiary/aromatic N) is 1. The topological polar surface area (TPSA) is 159 Å². The first kappa shape index (κ1) is 27.2. The fourth-order valence-electron chi connectivity index (χ4n) is 3.46. The number of aliphatic carboxylic acids is 1. The van der Waals surface area contributed by atoms with Gasteiger partial charge in [0.1, 0.15) is 11.5 Å². The number of carbonyl (C=O) groups is 4. The smallest absolute Gasteiger partial charge is 0.328 e. The maximum absolute atomic E-state index is 13.0. The Morgan fingerprint density at radius 2 is 1.76 bits per heavy atom. The Hall–Kier alpha value is -4.41. The molecule has 0 radical (unpaired) electrons. The van der Waals surface area contributed by atoms with E-state index >= 15 is 0 Å². The van der Waals surface area contributed by atoms with Crippen LogP contribution >= 0.6 is 11.6 Å². The van der Waals surface area contributed by atoms with E-state index in [0.717, 1.165) is 0 Å². The number of Topliss-reactive ketones (excluding diaryl/α,β-unsaturated/α-hetero) is 1. The van der Waals surface area contributed by atoms with Gasteiger partial charge in [0.2, 0.25) is 0 Å². The van der Waals surface area contributed by atoms with Gasteiger partial charge in [-0.2, -0.15) is 0 Å². The molecule has 0 aromatic heterocycles. The molecule has 0 saturated carbocycles. The molecular weight excluding hydrogens is 502 g/mol. The van der Waals surface area contributed by atoms with Gasteiger partial charge in [0.05, 0.1) is 17.7 Å². The second-order valence-electron chi connectivity index (χ2n) is 7.97. The lowest BCUT2D eigenvalue weighted by Gasteiger charge is -2.24. The summed E-state index contributed by atoms with van der Waals surface area (Å²) in [5.41, 5.74) is 0.876. The van der Waals surface area contributed by atoms with E-state index in [1.807, 2.05) is 0 Å². The number of halogens is 1. The van der Waals surface area contributed by atoms with Gasteiger partial charge in [0.25, 0.3) is 11.8 Å². The van der Waals surface area contributed by atoms with Crippen LogP contribution in [-0.2, 0) is 11.3 Å². The molecule has 0 saturated heterocycles. The number of rotatable bonds is 10. The highest BCUT2D eigenvalue weighted by Crippen LogP contribution is 2.22.